The Morgan fingerprint density at radius 2 is 1.36 bits per heavy atom. The van der Waals surface area contributed by atoms with Crippen LogP contribution in [0.1, 0.15) is 70.8 Å². The van der Waals surface area contributed by atoms with Crippen LogP contribution in [0.15, 0.2) is 30.8 Å². The molecule has 0 amide bonds. The molecule has 0 unspecified atom stereocenters. The molecule has 0 fully saturated rings. The van der Waals surface area contributed by atoms with Gasteiger partial charge in [0.25, 0.3) is 0 Å². The van der Waals surface area contributed by atoms with Gasteiger partial charge in [-0.1, -0.05) is 59.0 Å². The van der Waals surface area contributed by atoms with Gasteiger partial charge in [-0.2, -0.15) is 0 Å². The second kappa shape index (κ2) is 11.2. The summed E-state index contributed by atoms with van der Waals surface area (Å²) in [7, 11) is 0. The number of aliphatic hydroxyl groups excluding tert-OH is 1. The summed E-state index contributed by atoms with van der Waals surface area (Å²) in [4.78, 5) is 2.50. The smallest absolute Gasteiger partial charge is 0.115 e. The first-order valence-electron chi connectivity index (χ1n) is 8.92. The highest BCUT2D eigenvalue weighted by Gasteiger charge is 2.07. The highest BCUT2D eigenvalue weighted by molar-refractivity contribution is 5.60. The van der Waals surface area contributed by atoms with E-state index in [9.17, 15) is 5.11 Å². The Morgan fingerprint density at radius 3 is 1.77 bits per heavy atom. The lowest BCUT2D eigenvalue weighted by Gasteiger charge is -2.25. The summed E-state index contributed by atoms with van der Waals surface area (Å²) in [6.45, 7) is 10.3. The molecule has 0 saturated carbocycles. The van der Waals surface area contributed by atoms with Gasteiger partial charge in [0.1, 0.15) is 5.76 Å². The molecule has 0 atom stereocenters. The van der Waals surface area contributed by atoms with Gasteiger partial charge in [-0.3, -0.25) is 0 Å². The fraction of sp³-hybridized carbons (Fsp3) is 0.600. The van der Waals surface area contributed by atoms with Crippen molar-refractivity contribution in [3.63, 3.8) is 0 Å². The van der Waals surface area contributed by atoms with Crippen molar-refractivity contribution in [1.29, 1.82) is 0 Å². The maximum absolute atomic E-state index is 9.45. The minimum absolute atomic E-state index is 0.143. The van der Waals surface area contributed by atoms with Crippen molar-refractivity contribution in [3.05, 3.63) is 36.4 Å². The van der Waals surface area contributed by atoms with E-state index in [0.717, 1.165) is 18.7 Å². The van der Waals surface area contributed by atoms with E-state index in [-0.39, 0.29) is 5.76 Å². The topological polar surface area (TPSA) is 23.5 Å². The van der Waals surface area contributed by atoms with Crippen LogP contribution in [0.2, 0.25) is 0 Å². The summed E-state index contributed by atoms with van der Waals surface area (Å²) in [6, 6.07) is 8.14. The van der Waals surface area contributed by atoms with E-state index in [0.29, 0.717) is 0 Å². The van der Waals surface area contributed by atoms with E-state index < -0.39 is 0 Å². The molecule has 2 nitrogen and oxygen atoms in total. The first kappa shape index (κ1) is 18.6. The van der Waals surface area contributed by atoms with Crippen molar-refractivity contribution >= 4 is 11.4 Å². The van der Waals surface area contributed by atoms with Crippen LogP contribution in [0.4, 0.5) is 5.69 Å². The molecule has 0 spiro atoms. The van der Waals surface area contributed by atoms with Gasteiger partial charge in [-0.05, 0) is 37.1 Å². The standard InChI is InChI=1S/C20H33NO/c1-4-6-8-10-16-21(17-11-9-7-5-2)20-14-12-19(13-15-20)18(3)22/h12-15,22H,3-11,16-17H2,1-2H3. The molecule has 0 aliphatic rings. The van der Waals surface area contributed by atoms with Crippen molar-refractivity contribution in [2.24, 2.45) is 0 Å². The van der Waals surface area contributed by atoms with Gasteiger partial charge >= 0.3 is 0 Å². The maximum Gasteiger partial charge on any atom is 0.115 e. The predicted octanol–water partition coefficient (Wildman–Crippen LogP) is 6.18. The molecule has 1 N–H and O–H groups in total. The Kier molecular flexibility index (Phi) is 9.45. The zero-order valence-electron chi connectivity index (χ0n) is 14.5. The van der Waals surface area contributed by atoms with Crippen molar-refractivity contribution < 1.29 is 5.11 Å². The summed E-state index contributed by atoms with van der Waals surface area (Å²) < 4.78 is 0. The molecule has 0 heterocycles. The monoisotopic (exact) mass is 303 g/mol. The number of benzene rings is 1. The minimum Gasteiger partial charge on any atom is -0.508 e. The molecular weight excluding hydrogens is 270 g/mol. The van der Waals surface area contributed by atoms with E-state index in [1.54, 1.807) is 0 Å². The van der Waals surface area contributed by atoms with Crippen LogP contribution in [0.5, 0.6) is 0 Å². The largest absolute Gasteiger partial charge is 0.508 e. The van der Waals surface area contributed by atoms with Crippen LogP contribution in [-0.2, 0) is 0 Å². The third-order valence-corrected chi connectivity index (χ3v) is 4.13. The summed E-state index contributed by atoms with van der Waals surface area (Å²) in [6.07, 6.45) is 10.4. The summed E-state index contributed by atoms with van der Waals surface area (Å²) >= 11 is 0. The third kappa shape index (κ3) is 7.02. The van der Waals surface area contributed by atoms with Crippen molar-refractivity contribution in [2.75, 3.05) is 18.0 Å². The van der Waals surface area contributed by atoms with Crippen LogP contribution in [0, 0.1) is 0 Å². The first-order chi connectivity index (χ1) is 10.7. The Balaban J connectivity index is 2.59. The summed E-state index contributed by atoms with van der Waals surface area (Å²) in [5.41, 5.74) is 2.07. The van der Waals surface area contributed by atoms with E-state index in [4.69, 9.17) is 0 Å². The molecule has 0 radical (unpaired) electrons. The molecule has 0 aliphatic heterocycles. The predicted molar refractivity (Wildman–Crippen MR) is 98.6 cm³/mol. The quantitative estimate of drug-likeness (QED) is 0.368. The molecule has 0 aromatic heterocycles. The van der Waals surface area contributed by atoms with Gasteiger partial charge < -0.3 is 10.0 Å². The van der Waals surface area contributed by atoms with Crippen LogP contribution < -0.4 is 4.90 Å². The van der Waals surface area contributed by atoms with Crippen LogP contribution in [-0.4, -0.2) is 18.2 Å². The van der Waals surface area contributed by atoms with Crippen LogP contribution in [0.3, 0.4) is 0 Å². The zero-order chi connectivity index (χ0) is 16.2. The highest BCUT2D eigenvalue weighted by atomic mass is 16.3. The second-order valence-corrected chi connectivity index (χ2v) is 6.10. The number of nitrogens with zero attached hydrogens (tertiary/aromatic N) is 1. The Bertz CT molecular complexity index is 398. The average Bonchev–Trinajstić information content (AvgIpc) is 2.53. The molecule has 124 valence electrons. The Labute approximate surface area is 136 Å². The second-order valence-electron chi connectivity index (χ2n) is 6.10. The summed E-state index contributed by atoms with van der Waals surface area (Å²) in [5.74, 6) is 0.143. The molecular formula is C20H33NO. The lowest BCUT2D eigenvalue weighted by Crippen LogP contribution is -2.25. The SMILES string of the molecule is C=C(O)c1ccc(N(CCCCCC)CCCCCC)cc1. The van der Waals surface area contributed by atoms with Gasteiger partial charge in [-0.25, -0.2) is 0 Å². The normalized spacial score (nSPS) is 10.6. The number of anilines is 1. The first-order valence-corrected chi connectivity index (χ1v) is 8.92. The lowest BCUT2D eigenvalue weighted by molar-refractivity contribution is 0.514. The molecule has 1 aromatic carbocycles. The van der Waals surface area contributed by atoms with Crippen LogP contribution in [0.25, 0.3) is 5.76 Å². The lowest BCUT2D eigenvalue weighted by atomic mass is 10.1. The number of hydrogen-bond acceptors (Lipinski definition) is 2. The molecule has 22 heavy (non-hydrogen) atoms. The molecule has 1 rings (SSSR count). The minimum atomic E-state index is 0.143. The van der Waals surface area contributed by atoms with Gasteiger partial charge in [0, 0.05) is 24.3 Å². The van der Waals surface area contributed by atoms with Crippen LogP contribution >= 0.6 is 0 Å². The van der Waals surface area contributed by atoms with Crippen molar-refractivity contribution in [1.82, 2.24) is 0 Å². The van der Waals surface area contributed by atoms with Gasteiger partial charge in [-0.15, -0.1) is 0 Å². The van der Waals surface area contributed by atoms with Gasteiger partial charge in [0.15, 0.2) is 0 Å². The number of hydrogen-bond donors (Lipinski definition) is 1. The number of aliphatic hydroxyl groups is 1. The van der Waals surface area contributed by atoms with Gasteiger partial charge in [0.05, 0.1) is 0 Å². The molecule has 0 bridgehead atoms. The average molecular weight is 303 g/mol. The zero-order valence-corrected chi connectivity index (χ0v) is 14.5. The molecule has 0 saturated heterocycles. The van der Waals surface area contributed by atoms with E-state index in [2.05, 4.69) is 37.5 Å². The Hall–Kier alpha value is -1.44. The van der Waals surface area contributed by atoms with Crippen molar-refractivity contribution in [2.45, 2.75) is 65.2 Å². The van der Waals surface area contributed by atoms with Gasteiger partial charge in [0.2, 0.25) is 0 Å². The highest BCUT2D eigenvalue weighted by Crippen LogP contribution is 2.20. The van der Waals surface area contributed by atoms with E-state index >= 15 is 0 Å². The fourth-order valence-electron chi connectivity index (χ4n) is 2.69. The Morgan fingerprint density at radius 1 is 0.864 bits per heavy atom. The van der Waals surface area contributed by atoms with E-state index in [1.807, 2.05) is 12.1 Å². The molecule has 1 aromatic rings. The van der Waals surface area contributed by atoms with E-state index in [1.165, 1.54) is 57.1 Å². The fourth-order valence-corrected chi connectivity index (χ4v) is 2.69. The maximum atomic E-state index is 9.45. The molecule has 2 heteroatoms. The van der Waals surface area contributed by atoms with Crippen molar-refractivity contribution in [3.8, 4) is 0 Å². The summed E-state index contributed by atoms with van der Waals surface area (Å²) in [5, 5.41) is 9.45. The number of unbranched alkanes of at least 4 members (excludes halogenated alkanes) is 6. The third-order valence-electron chi connectivity index (χ3n) is 4.13. The number of rotatable bonds is 12. The molecule has 0 aliphatic carbocycles.